The summed E-state index contributed by atoms with van der Waals surface area (Å²) < 4.78 is 12.2. The Morgan fingerprint density at radius 3 is 2.33 bits per heavy atom. The summed E-state index contributed by atoms with van der Waals surface area (Å²) >= 11 is 0.993. The number of anilines is 1. The minimum atomic E-state index is -0.613. The van der Waals surface area contributed by atoms with Crippen molar-refractivity contribution in [1.82, 2.24) is 9.78 Å². The molecule has 33 heavy (non-hydrogen) atoms. The van der Waals surface area contributed by atoms with Crippen LogP contribution in [-0.4, -0.2) is 40.3 Å². The number of nitrogens with one attached hydrogen (secondary N) is 1. The standard InChI is InChI=1S/C24H27N3O5S/c1-7-31-24(30)20-14(4)18(23(29)32-13(2)3)22(33-20)25-21(28)19-15(5)26-27(16(19)6)17-11-9-8-10-12-17/h8-13H,7H2,1-6H3,(H,25,28). The van der Waals surface area contributed by atoms with Crippen molar-refractivity contribution in [3.05, 3.63) is 63.3 Å². The molecule has 0 spiro atoms. The number of nitrogens with zero attached hydrogens (tertiary/aromatic N) is 2. The minimum Gasteiger partial charge on any atom is -0.462 e. The average Bonchev–Trinajstić information content (AvgIpc) is 3.23. The fourth-order valence-corrected chi connectivity index (χ4v) is 4.55. The molecule has 0 saturated carbocycles. The summed E-state index contributed by atoms with van der Waals surface area (Å²) in [6.07, 6.45) is -0.361. The SMILES string of the molecule is CCOC(=O)c1sc(NC(=O)c2c(C)nn(-c3ccccc3)c2C)c(C(=O)OC(C)C)c1C. The molecule has 1 N–H and O–H groups in total. The number of rotatable bonds is 7. The van der Waals surface area contributed by atoms with E-state index in [1.165, 1.54) is 0 Å². The summed E-state index contributed by atoms with van der Waals surface area (Å²) in [4.78, 5) is 38.7. The third-order valence-corrected chi connectivity index (χ3v) is 6.09. The Balaban J connectivity index is 2.01. The number of esters is 2. The van der Waals surface area contributed by atoms with E-state index in [2.05, 4.69) is 10.4 Å². The van der Waals surface area contributed by atoms with Gasteiger partial charge in [-0.05, 0) is 59.2 Å². The average molecular weight is 470 g/mol. The second kappa shape index (κ2) is 9.99. The fraction of sp³-hybridized carbons (Fsp3) is 0.333. The lowest BCUT2D eigenvalue weighted by Gasteiger charge is -2.10. The van der Waals surface area contributed by atoms with E-state index in [1.807, 2.05) is 30.3 Å². The van der Waals surface area contributed by atoms with Gasteiger partial charge in [-0.1, -0.05) is 18.2 Å². The van der Waals surface area contributed by atoms with Crippen LogP contribution >= 0.6 is 11.3 Å². The normalized spacial score (nSPS) is 10.9. The first kappa shape index (κ1) is 24.2. The van der Waals surface area contributed by atoms with Crippen molar-refractivity contribution in [2.24, 2.45) is 0 Å². The maximum Gasteiger partial charge on any atom is 0.348 e. The molecule has 1 amide bonds. The summed E-state index contributed by atoms with van der Waals surface area (Å²) in [7, 11) is 0. The zero-order valence-corrected chi connectivity index (χ0v) is 20.3. The monoisotopic (exact) mass is 469 g/mol. The molecule has 0 fully saturated rings. The van der Waals surface area contributed by atoms with Crippen LogP contribution in [0.15, 0.2) is 30.3 Å². The Bertz CT molecular complexity index is 1190. The number of aromatic nitrogens is 2. The lowest BCUT2D eigenvalue weighted by atomic mass is 10.1. The molecule has 0 atom stereocenters. The molecule has 0 aliphatic carbocycles. The van der Waals surface area contributed by atoms with Crippen LogP contribution in [-0.2, 0) is 9.47 Å². The van der Waals surface area contributed by atoms with Crippen LogP contribution in [0.5, 0.6) is 0 Å². The van der Waals surface area contributed by atoms with Crippen LogP contribution in [0.25, 0.3) is 5.69 Å². The molecular weight excluding hydrogens is 442 g/mol. The maximum absolute atomic E-state index is 13.3. The third-order valence-electron chi connectivity index (χ3n) is 4.90. The van der Waals surface area contributed by atoms with Gasteiger partial charge in [-0.3, -0.25) is 4.79 Å². The van der Waals surface area contributed by atoms with Crippen LogP contribution in [0.3, 0.4) is 0 Å². The summed E-state index contributed by atoms with van der Waals surface area (Å²) in [6.45, 7) is 10.6. The summed E-state index contributed by atoms with van der Waals surface area (Å²) in [5.41, 5.74) is 2.98. The zero-order valence-electron chi connectivity index (χ0n) is 19.5. The molecule has 0 saturated heterocycles. The second-order valence-corrected chi connectivity index (χ2v) is 8.70. The van der Waals surface area contributed by atoms with Gasteiger partial charge in [0.1, 0.15) is 9.88 Å². The first-order chi connectivity index (χ1) is 15.6. The predicted octanol–water partition coefficient (Wildman–Crippen LogP) is 4.85. The fourth-order valence-electron chi connectivity index (χ4n) is 3.47. The van der Waals surface area contributed by atoms with E-state index in [4.69, 9.17) is 9.47 Å². The number of carbonyl (C=O) groups excluding carboxylic acids is 3. The first-order valence-electron chi connectivity index (χ1n) is 10.6. The van der Waals surface area contributed by atoms with Gasteiger partial charge in [0, 0.05) is 0 Å². The summed E-state index contributed by atoms with van der Waals surface area (Å²) in [5.74, 6) is -1.59. The Labute approximate surface area is 196 Å². The van der Waals surface area contributed by atoms with Crippen LogP contribution in [0.2, 0.25) is 0 Å². The number of benzene rings is 1. The van der Waals surface area contributed by atoms with E-state index in [-0.39, 0.29) is 28.2 Å². The van der Waals surface area contributed by atoms with Crippen molar-refractivity contribution in [2.45, 2.75) is 47.6 Å². The van der Waals surface area contributed by atoms with Crippen molar-refractivity contribution in [3.63, 3.8) is 0 Å². The number of para-hydroxylation sites is 1. The largest absolute Gasteiger partial charge is 0.462 e. The number of amides is 1. The molecule has 0 aliphatic heterocycles. The van der Waals surface area contributed by atoms with Gasteiger partial charge in [0.2, 0.25) is 0 Å². The van der Waals surface area contributed by atoms with Crippen LogP contribution < -0.4 is 5.32 Å². The number of hydrogen-bond acceptors (Lipinski definition) is 7. The lowest BCUT2D eigenvalue weighted by molar-refractivity contribution is 0.0379. The molecule has 1 aromatic carbocycles. The molecular formula is C24H27N3O5S. The van der Waals surface area contributed by atoms with Crippen LogP contribution in [0.4, 0.5) is 5.00 Å². The molecule has 3 aromatic rings. The summed E-state index contributed by atoms with van der Waals surface area (Å²) in [6, 6.07) is 9.48. The van der Waals surface area contributed by atoms with E-state index in [9.17, 15) is 14.4 Å². The number of carbonyl (C=O) groups is 3. The van der Waals surface area contributed by atoms with Gasteiger partial charge in [-0.25, -0.2) is 14.3 Å². The van der Waals surface area contributed by atoms with Gasteiger partial charge in [0.15, 0.2) is 0 Å². The smallest absolute Gasteiger partial charge is 0.348 e. The lowest BCUT2D eigenvalue weighted by Crippen LogP contribution is -2.18. The molecule has 3 rings (SSSR count). The maximum atomic E-state index is 13.3. The molecule has 0 bridgehead atoms. The number of aryl methyl sites for hydroxylation is 1. The molecule has 9 heteroatoms. The highest BCUT2D eigenvalue weighted by Gasteiger charge is 2.29. The van der Waals surface area contributed by atoms with Crippen LogP contribution in [0.1, 0.15) is 68.1 Å². The highest BCUT2D eigenvalue weighted by atomic mass is 32.1. The van der Waals surface area contributed by atoms with Gasteiger partial charge >= 0.3 is 11.9 Å². The van der Waals surface area contributed by atoms with Crippen molar-refractivity contribution in [2.75, 3.05) is 11.9 Å². The van der Waals surface area contributed by atoms with E-state index in [0.29, 0.717) is 22.5 Å². The molecule has 8 nitrogen and oxygen atoms in total. The highest BCUT2D eigenvalue weighted by Crippen LogP contribution is 2.35. The number of thiophene rings is 1. The number of hydrogen-bond donors (Lipinski definition) is 1. The van der Waals surface area contributed by atoms with Gasteiger partial charge in [0.05, 0.1) is 40.9 Å². The van der Waals surface area contributed by atoms with E-state index >= 15 is 0 Å². The van der Waals surface area contributed by atoms with Gasteiger partial charge in [-0.2, -0.15) is 5.10 Å². The topological polar surface area (TPSA) is 99.5 Å². The molecule has 0 unspecified atom stereocenters. The van der Waals surface area contributed by atoms with Crippen molar-refractivity contribution in [3.8, 4) is 5.69 Å². The predicted molar refractivity (Wildman–Crippen MR) is 127 cm³/mol. The Morgan fingerprint density at radius 1 is 1.06 bits per heavy atom. The van der Waals surface area contributed by atoms with Crippen molar-refractivity contribution in [1.29, 1.82) is 0 Å². The summed E-state index contributed by atoms with van der Waals surface area (Å²) in [5, 5.41) is 7.55. The molecule has 0 aliphatic rings. The highest BCUT2D eigenvalue weighted by molar-refractivity contribution is 7.18. The third kappa shape index (κ3) is 4.98. The van der Waals surface area contributed by atoms with E-state index in [0.717, 1.165) is 17.0 Å². The van der Waals surface area contributed by atoms with Crippen molar-refractivity contribution >= 4 is 34.2 Å². The van der Waals surface area contributed by atoms with Crippen molar-refractivity contribution < 1.29 is 23.9 Å². The van der Waals surface area contributed by atoms with Gasteiger partial charge in [0.25, 0.3) is 5.91 Å². The Morgan fingerprint density at radius 2 is 1.73 bits per heavy atom. The second-order valence-electron chi connectivity index (χ2n) is 7.68. The molecule has 0 radical (unpaired) electrons. The minimum absolute atomic E-state index is 0.149. The molecule has 2 heterocycles. The van der Waals surface area contributed by atoms with E-state index in [1.54, 1.807) is 46.2 Å². The Hall–Kier alpha value is -3.46. The Kier molecular flexibility index (Phi) is 7.33. The molecule has 174 valence electrons. The zero-order chi connectivity index (χ0) is 24.3. The first-order valence-corrected chi connectivity index (χ1v) is 11.4. The van der Waals surface area contributed by atoms with E-state index < -0.39 is 17.8 Å². The van der Waals surface area contributed by atoms with Gasteiger partial charge in [-0.15, -0.1) is 11.3 Å². The quantitative estimate of drug-likeness (QED) is 0.497. The van der Waals surface area contributed by atoms with Gasteiger partial charge < -0.3 is 14.8 Å². The molecule has 2 aromatic heterocycles. The van der Waals surface area contributed by atoms with Crippen LogP contribution in [0, 0.1) is 20.8 Å². The number of ether oxygens (including phenoxy) is 2.